The van der Waals surface area contributed by atoms with Crippen LogP contribution in [0.2, 0.25) is 0 Å². The number of aromatic nitrogens is 7. The average molecular weight is 518 g/mol. The molecule has 194 valence electrons. The topological polar surface area (TPSA) is 134 Å². The molecule has 10 heteroatoms. The van der Waals surface area contributed by atoms with Crippen LogP contribution in [0.3, 0.4) is 0 Å². The number of nitrogen functional groups attached to an aromatic ring is 1. The average Bonchev–Trinajstić information content (AvgIpc) is 3.64. The van der Waals surface area contributed by atoms with Gasteiger partial charge in [-0.1, -0.05) is 12.1 Å². The highest BCUT2D eigenvalue weighted by atomic mass is 16.1. The maximum Gasteiger partial charge on any atom is 0.261 e. The Morgan fingerprint density at radius 2 is 1.82 bits per heavy atom. The van der Waals surface area contributed by atoms with E-state index in [0.717, 1.165) is 64.7 Å². The molecule has 0 atom stereocenters. The van der Waals surface area contributed by atoms with Gasteiger partial charge in [0.25, 0.3) is 5.56 Å². The van der Waals surface area contributed by atoms with Crippen molar-refractivity contribution >= 4 is 27.5 Å². The van der Waals surface area contributed by atoms with Crippen LogP contribution < -0.4 is 11.3 Å². The largest absolute Gasteiger partial charge is 0.398 e. The van der Waals surface area contributed by atoms with Crippen LogP contribution >= 0.6 is 0 Å². The van der Waals surface area contributed by atoms with Crippen LogP contribution in [-0.2, 0) is 0 Å². The summed E-state index contributed by atoms with van der Waals surface area (Å²) >= 11 is 0. The van der Waals surface area contributed by atoms with Gasteiger partial charge in [-0.2, -0.15) is 10.2 Å². The summed E-state index contributed by atoms with van der Waals surface area (Å²) in [6, 6.07) is 11.9. The Hall–Kier alpha value is -4.83. The predicted molar refractivity (Wildman–Crippen MR) is 152 cm³/mol. The van der Waals surface area contributed by atoms with Gasteiger partial charge >= 0.3 is 0 Å². The highest BCUT2D eigenvalue weighted by molar-refractivity contribution is 6.09. The van der Waals surface area contributed by atoms with E-state index < -0.39 is 0 Å². The zero-order valence-corrected chi connectivity index (χ0v) is 21.4. The van der Waals surface area contributed by atoms with Gasteiger partial charge in [0.2, 0.25) is 0 Å². The molecule has 7 rings (SSSR count). The van der Waals surface area contributed by atoms with Crippen LogP contribution in [0.15, 0.2) is 72.2 Å². The number of likely N-dealkylation sites (tertiary alicyclic amines) is 1. The number of hydrogen-bond acceptors (Lipinski definition) is 7. The summed E-state index contributed by atoms with van der Waals surface area (Å²) in [6.45, 7) is 2.07. The van der Waals surface area contributed by atoms with Crippen molar-refractivity contribution in [2.45, 2.75) is 18.9 Å². The number of hydrogen-bond donors (Lipinski definition) is 3. The third kappa shape index (κ3) is 3.96. The first kappa shape index (κ1) is 23.3. The van der Waals surface area contributed by atoms with E-state index >= 15 is 0 Å². The van der Waals surface area contributed by atoms with E-state index in [1.54, 1.807) is 18.6 Å². The third-order valence-electron chi connectivity index (χ3n) is 7.73. The van der Waals surface area contributed by atoms with Crippen molar-refractivity contribution in [3.63, 3.8) is 0 Å². The molecule has 0 unspecified atom stereocenters. The van der Waals surface area contributed by atoms with Crippen LogP contribution in [0.1, 0.15) is 18.9 Å². The van der Waals surface area contributed by atoms with Crippen molar-refractivity contribution in [1.29, 1.82) is 0 Å². The number of nitrogens with zero attached hydrogens (tertiary/aromatic N) is 6. The van der Waals surface area contributed by atoms with E-state index in [1.807, 2.05) is 42.6 Å². The molecule has 5 heterocycles. The van der Waals surface area contributed by atoms with Gasteiger partial charge < -0.3 is 15.6 Å². The molecular weight excluding hydrogens is 490 g/mol. The number of aromatic amines is 2. The zero-order valence-electron chi connectivity index (χ0n) is 21.4. The maximum atomic E-state index is 13.6. The van der Waals surface area contributed by atoms with Crippen molar-refractivity contribution in [2.75, 3.05) is 25.9 Å². The van der Waals surface area contributed by atoms with Gasteiger partial charge in [0, 0.05) is 46.2 Å². The zero-order chi connectivity index (χ0) is 26.5. The van der Waals surface area contributed by atoms with Crippen LogP contribution in [0.25, 0.3) is 55.4 Å². The van der Waals surface area contributed by atoms with Crippen molar-refractivity contribution in [3.05, 3.63) is 77.7 Å². The number of anilines is 1. The number of pyridine rings is 1. The maximum absolute atomic E-state index is 13.6. The standard InChI is InChI=1S/C29H27N9O/c1-37-11-7-19(8-12-37)38-16-18(14-33-38)21-13-22(20-3-2-4-24-23(20)15-32-36-24)26(30)25-27(21)34-28(35-29(25)39)17-5-9-31-10-6-17/h2-6,9-10,13-16,19H,7-8,11-12,30H2,1H3,(H,32,36)(H,34,35,39). The highest BCUT2D eigenvalue weighted by Gasteiger charge is 2.23. The second-order valence-corrected chi connectivity index (χ2v) is 10.1. The van der Waals surface area contributed by atoms with Gasteiger partial charge in [-0.05, 0) is 62.8 Å². The summed E-state index contributed by atoms with van der Waals surface area (Å²) in [5, 5.41) is 13.3. The molecule has 4 N–H and O–H groups in total. The van der Waals surface area contributed by atoms with E-state index in [2.05, 4.69) is 43.0 Å². The number of H-pyrrole nitrogens is 2. The fraction of sp³-hybridized carbons (Fsp3) is 0.207. The van der Waals surface area contributed by atoms with E-state index in [9.17, 15) is 4.79 Å². The SMILES string of the molecule is CN1CCC(n2cc(-c3cc(-c4cccc5[nH]ncc45)c(N)c4c(=O)[nH]c(-c5ccncc5)nc34)cn2)CC1. The minimum atomic E-state index is -0.297. The quantitative estimate of drug-likeness (QED) is 0.298. The molecule has 6 aromatic rings. The lowest BCUT2D eigenvalue weighted by Gasteiger charge is -2.28. The fourth-order valence-electron chi connectivity index (χ4n) is 5.57. The lowest BCUT2D eigenvalue weighted by molar-refractivity contribution is 0.212. The van der Waals surface area contributed by atoms with Crippen LogP contribution in [0.5, 0.6) is 0 Å². The van der Waals surface area contributed by atoms with Gasteiger partial charge in [0.05, 0.1) is 40.5 Å². The summed E-state index contributed by atoms with van der Waals surface area (Å²) < 4.78 is 2.05. The van der Waals surface area contributed by atoms with Crippen LogP contribution in [0.4, 0.5) is 5.69 Å². The van der Waals surface area contributed by atoms with Gasteiger partial charge in [0.15, 0.2) is 0 Å². The van der Waals surface area contributed by atoms with Crippen molar-refractivity contribution in [3.8, 4) is 33.6 Å². The summed E-state index contributed by atoms with van der Waals surface area (Å²) in [5.74, 6) is 0.461. The number of benzene rings is 2. The molecule has 0 spiro atoms. The number of nitrogens with one attached hydrogen (secondary N) is 2. The second kappa shape index (κ2) is 9.17. The summed E-state index contributed by atoms with van der Waals surface area (Å²) in [5.41, 5.74) is 12.4. The Morgan fingerprint density at radius 3 is 2.64 bits per heavy atom. The van der Waals surface area contributed by atoms with Crippen molar-refractivity contribution in [2.24, 2.45) is 0 Å². The highest BCUT2D eigenvalue weighted by Crippen LogP contribution is 2.40. The van der Waals surface area contributed by atoms with E-state index in [-0.39, 0.29) is 5.56 Å². The second-order valence-electron chi connectivity index (χ2n) is 10.1. The van der Waals surface area contributed by atoms with Crippen LogP contribution in [0, 0.1) is 0 Å². The lowest BCUT2D eigenvalue weighted by Crippen LogP contribution is -2.31. The molecule has 0 saturated carbocycles. The van der Waals surface area contributed by atoms with Crippen LogP contribution in [-0.4, -0.2) is 60.0 Å². The number of nitrogens with two attached hydrogens (primary N) is 1. The van der Waals surface area contributed by atoms with E-state index in [1.165, 1.54) is 0 Å². The lowest BCUT2D eigenvalue weighted by atomic mass is 9.93. The number of fused-ring (bicyclic) bond motifs is 2. The summed E-state index contributed by atoms with van der Waals surface area (Å²) in [6.07, 6.45) is 11.1. The molecule has 2 aromatic carbocycles. The molecule has 1 saturated heterocycles. The molecule has 0 radical (unpaired) electrons. The Balaban J connectivity index is 1.48. The molecule has 1 aliphatic rings. The molecule has 39 heavy (non-hydrogen) atoms. The summed E-state index contributed by atoms with van der Waals surface area (Å²) in [7, 11) is 2.15. The first-order valence-corrected chi connectivity index (χ1v) is 13.0. The normalized spacial score (nSPS) is 14.9. The first-order valence-electron chi connectivity index (χ1n) is 13.0. The fourth-order valence-corrected chi connectivity index (χ4v) is 5.57. The Morgan fingerprint density at radius 1 is 1.00 bits per heavy atom. The molecule has 0 amide bonds. The minimum Gasteiger partial charge on any atom is -0.398 e. The molecule has 4 aromatic heterocycles. The van der Waals surface area contributed by atoms with Gasteiger partial charge in [-0.25, -0.2) is 4.98 Å². The predicted octanol–water partition coefficient (Wildman–Crippen LogP) is 4.24. The third-order valence-corrected chi connectivity index (χ3v) is 7.73. The monoisotopic (exact) mass is 517 g/mol. The molecule has 10 nitrogen and oxygen atoms in total. The molecule has 0 aliphatic carbocycles. The molecule has 1 fully saturated rings. The molecular formula is C29H27N9O. The van der Waals surface area contributed by atoms with E-state index in [4.69, 9.17) is 15.8 Å². The first-order chi connectivity index (χ1) is 19.1. The molecule has 1 aliphatic heterocycles. The smallest absolute Gasteiger partial charge is 0.261 e. The van der Waals surface area contributed by atoms with Crippen molar-refractivity contribution in [1.82, 2.24) is 39.8 Å². The van der Waals surface area contributed by atoms with Gasteiger partial charge in [-0.3, -0.25) is 19.6 Å². The minimum absolute atomic E-state index is 0.297. The molecule has 0 bridgehead atoms. The van der Waals surface area contributed by atoms with Gasteiger partial charge in [-0.15, -0.1) is 0 Å². The Labute approximate surface area is 223 Å². The number of rotatable bonds is 4. The Kier molecular flexibility index (Phi) is 5.48. The summed E-state index contributed by atoms with van der Waals surface area (Å²) in [4.78, 5) is 27.9. The van der Waals surface area contributed by atoms with Crippen molar-refractivity contribution < 1.29 is 0 Å². The van der Waals surface area contributed by atoms with E-state index in [0.29, 0.717) is 28.5 Å². The van der Waals surface area contributed by atoms with Gasteiger partial charge in [0.1, 0.15) is 5.82 Å². The Bertz CT molecular complexity index is 1880. The number of piperidine rings is 1.